The minimum atomic E-state index is 0.0378. The van der Waals surface area contributed by atoms with Crippen LogP contribution in [0.25, 0.3) is 0 Å². The van der Waals surface area contributed by atoms with Crippen LogP contribution in [0, 0.1) is 5.92 Å². The number of amides is 1. The second-order valence-electron chi connectivity index (χ2n) is 4.46. The Morgan fingerprint density at radius 1 is 1.67 bits per heavy atom. The van der Waals surface area contributed by atoms with Gasteiger partial charge in [-0.25, -0.2) is 0 Å². The Hall–Kier alpha value is -1.32. The molecular formula is C11H17N3O. The van der Waals surface area contributed by atoms with Crippen LogP contribution in [0.15, 0.2) is 6.07 Å². The maximum absolute atomic E-state index is 11.3. The highest BCUT2D eigenvalue weighted by atomic mass is 16.1. The van der Waals surface area contributed by atoms with E-state index in [9.17, 15) is 4.79 Å². The van der Waals surface area contributed by atoms with E-state index in [1.807, 2.05) is 13.8 Å². The Morgan fingerprint density at radius 3 is 3.00 bits per heavy atom. The number of hydrogen-bond acceptors (Lipinski definition) is 2. The Balaban J connectivity index is 1.85. The number of hydrogen-bond donors (Lipinski definition) is 2. The predicted octanol–water partition coefficient (Wildman–Crippen LogP) is 1.56. The van der Waals surface area contributed by atoms with E-state index in [4.69, 9.17) is 0 Å². The van der Waals surface area contributed by atoms with Crippen LogP contribution in [0.3, 0.4) is 0 Å². The van der Waals surface area contributed by atoms with Crippen LogP contribution in [0.5, 0.6) is 0 Å². The van der Waals surface area contributed by atoms with Gasteiger partial charge in [0.15, 0.2) is 0 Å². The average molecular weight is 207 g/mol. The summed E-state index contributed by atoms with van der Waals surface area (Å²) in [6, 6.07) is 2.05. The highest BCUT2D eigenvalue weighted by molar-refractivity contribution is 5.77. The molecule has 2 N–H and O–H groups in total. The predicted molar refractivity (Wildman–Crippen MR) is 57.2 cm³/mol. The van der Waals surface area contributed by atoms with Crippen LogP contribution < -0.4 is 5.32 Å². The Morgan fingerprint density at radius 2 is 2.40 bits per heavy atom. The average Bonchev–Trinajstić information content (AvgIpc) is 2.95. The van der Waals surface area contributed by atoms with Crippen LogP contribution in [0.1, 0.15) is 44.0 Å². The molecule has 0 unspecified atom stereocenters. The quantitative estimate of drug-likeness (QED) is 0.787. The van der Waals surface area contributed by atoms with Gasteiger partial charge >= 0.3 is 0 Å². The van der Waals surface area contributed by atoms with Crippen LogP contribution >= 0.6 is 0 Å². The van der Waals surface area contributed by atoms with Crippen LogP contribution in [0.2, 0.25) is 0 Å². The highest BCUT2D eigenvalue weighted by Crippen LogP contribution is 2.38. The number of H-pyrrole nitrogens is 1. The molecule has 4 heteroatoms. The van der Waals surface area contributed by atoms with Crippen LogP contribution in [-0.4, -0.2) is 16.1 Å². The maximum Gasteiger partial charge on any atom is 0.222 e. The number of rotatable bonds is 4. The number of aromatic nitrogens is 2. The summed E-state index contributed by atoms with van der Waals surface area (Å²) >= 11 is 0. The van der Waals surface area contributed by atoms with Crippen molar-refractivity contribution in [2.75, 3.05) is 0 Å². The van der Waals surface area contributed by atoms with Gasteiger partial charge in [-0.1, -0.05) is 13.8 Å². The van der Waals surface area contributed by atoms with Crippen molar-refractivity contribution < 1.29 is 4.79 Å². The summed E-state index contributed by atoms with van der Waals surface area (Å²) in [4.78, 5) is 11.3. The summed E-state index contributed by atoms with van der Waals surface area (Å²) in [7, 11) is 0. The van der Waals surface area contributed by atoms with Crippen molar-refractivity contribution >= 4 is 5.91 Å². The third kappa shape index (κ3) is 2.58. The van der Waals surface area contributed by atoms with Gasteiger partial charge in [0.1, 0.15) is 0 Å². The normalized spacial score (nSPS) is 15.7. The molecule has 82 valence electrons. The summed E-state index contributed by atoms with van der Waals surface area (Å²) in [6.45, 7) is 4.33. The molecule has 0 radical (unpaired) electrons. The molecule has 1 heterocycles. The largest absolute Gasteiger partial charge is 0.350 e. The first-order valence-corrected chi connectivity index (χ1v) is 5.48. The van der Waals surface area contributed by atoms with E-state index >= 15 is 0 Å². The molecule has 1 amide bonds. The first-order valence-electron chi connectivity index (χ1n) is 5.48. The Bertz CT molecular complexity index is 352. The highest BCUT2D eigenvalue weighted by Gasteiger charge is 2.25. The van der Waals surface area contributed by atoms with E-state index in [-0.39, 0.29) is 11.8 Å². The minimum absolute atomic E-state index is 0.0378. The zero-order chi connectivity index (χ0) is 10.8. The third-order valence-corrected chi connectivity index (χ3v) is 2.62. The molecule has 1 aliphatic rings. The van der Waals surface area contributed by atoms with E-state index in [0.29, 0.717) is 12.5 Å². The smallest absolute Gasteiger partial charge is 0.222 e. The minimum Gasteiger partial charge on any atom is -0.350 e. The van der Waals surface area contributed by atoms with Crippen molar-refractivity contribution in [1.82, 2.24) is 15.5 Å². The van der Waals surface area contributed by atoms with Gasteiger partial charge in [0.25, 0.3) is 0 Å². The lowest BCUT2D eigenvalue weighted by Gasteiger charge is -2.05. The maximum atomic E-state index is 11.3. The van der Waals surface area contributed by atoms with E-state index in [1.54, 1.807) is 0 Å². The standard InChI is InChI=1S/C11H17N3O/c1-7(2)11(15)12-6-9-5-10(14-13-9)8-3-4-8/h5,7-8H,3-4,6H2,1-2H3,(H,12,15)(H,13,14). The SMILES string of the molecule is CC(C)C(=O)NCc1cc(C2CC2)n[nH]1. The number of nitrogens with one attached hydrogen (secondary N) is 2. The number of carbonyl (C=O) groups excluding carboxylic acids is 1. The Kier molecular flexibility index (Phi) is 2.75. The molecule has 2 rings (SSSR count). The van der Waals surface area contributed by atoms with Crippen LogP contribution in [0.4, 0.5) is 0 Å². The van der Waals surface area contributed by atoms with E-state index in [0.717, 1.165) is 11.4 Å². The summed E-state index contributed by atoms with van der Waals surface area (Å²) in [5.41, 5.74) is 2.13. The lowest BCUT2D eigenvalue weighted by molar-refractivity contribution is -0.124. The molecule has 1 fully saturated rings. The van der Waals surface area contributed by atoms with Gasteiger partial charge in [-0.3, -0.25) is 9.89 Å². The molecule has 15 heavy (non-hydrogen) atoms. The summed E-state index contributed by atoms with van der Waals surface area (Å²) in [5, 5.41) is 10.0. The molecular weight excluding hydrogens is 190 g/mol. The molecule has 1 aromatic rings. The van der Waals surface area contributed by atoms with Crippen LogP contribution in [-0.2, 0) is 11.3 Å². The monoisotopic (exact) mass is 207 g/mol. The van der Waals surface area contributed by atoms with Gasteiger partial charge < -0.3 is 5.32 Å². The summed E-state index contributed by atoms with van der Waals surface area (Å²) in [6.07, 6.45) is 2.51. The van der Waals surface area contributed by atoms with Crippen molar-refractivity contribution in [1.29, 1.82) is 0 Å². The zero-order valence-corrected chi connectivity index (χ0v) is 9.21. The molecule has 1 saturated carbocycles. The fourth-order valence-electron chi connectivity index (χ4n) is 1.44. The topological polar surface area (TPSA) is 57.8 Å². The number of aromatic amines is 1. The van der Waals surface area contributed by atoms with Gasteiger partial charge in [-0.05, 0) is 18.9 Å². The fraction of sp³-hybridized carbons (Fsp3) is 0.636. The summed E-state index contributed by atoms with van der Waals surface area (Å²) < 4.78 is 0. The molecule has 0 aliphatic heterocycles. The van der Waals surface area contributed by atoms with Gasteiger partial charge in [-0.15, -0.1) is 0 Å². The van der Waals surface area contributed by atoms with E-state index < -0.39 is 0 Å². The molecule has 1 aromatic heterocycles. The molecule has 4 nitrogen and oxygen atoms in total. The van der Waals surface area contributed by atoms with Gasteiger partial charge in [-0.2, -0.15) is 5.10 Å². The zero-order valence-electron chi connectivity index (χ0n) is 9.21. The first kappa shape index (κ1) is 10.2. The molecule has 1 aliphatic carbocycles. The van der Waals surface area contributed by atoms with E-state index in [2.05, 4.69) is 21.6 Å². The van der Waals surface area contributed by atoms with E-state index in [1.165, 1.54) is 12.8 Å². The fourth-order valence-corrected chi connectivity index (χ4v) is 1.44. The first-order chi connectivity index (χ1) is 7.16. The molecule has 0 saturated heterocycles. The summed E-state index contributed by atoms with van der Waals surface area (Å²) in [5.74, 6) is 0.782. The van der Waals surface area contributed by atoms with Crippen molar-refractivity contribution in [2.45, 2.75) is 39.2 Å². The second-order valence-corrected chi connectivity index (χ2v) is 4.46. The molecule has 0 atom stereocenters. The number of carbonyl (C=O) groups is 1. The van der Waals surface area contributed by atoms with Gasteiger partial charge in [0.2, 0.25) is 5.91 Å². The third-order valence-electron chi connectivity index (χ3n) is 2.62. The molecule has 0 spiro atoms. The van der Waals surface area contributed by atoms with Crippen molar-refractivity contribution in [2.24, 2.45) is 5.92 Å². The van der Waals surface area contributed by atoms with Gasteiger partial charge in [0.05, 0.1) is 17.9 Å². The molecule has 0 bridgehead atoms. The number of nitrogens with zero attached hydrogens (tertiary/aromatic N) is 1. The van der Waals surface area contributed by atoms with Gasteiger partial charge in [0, 0.05) is 11.8 Å². The molecule has 0 aromatic carbocycles. The van der Waals surface area contributed by atoms with Crippen molar-refractivity contribution in [3.05, 3.63) is 17.5 Å². The Labute approximate surface area is 89.5 Å². The van der Waals surface area contributed by atoms with Crippen molar-refractivity contribution in [3.63, 3.8) is 0 Å². The lowest BCUT2D eigenvalue weighted by atomic mass is 10.2. The lowest BCUT2D eigenvalue weighted by Crippen LogP contribution is -2.27. The van der Waals surface area contributed by atoms with Crippen molar-refractivity contribution in [3.8, 4) is 0 Å². The second kappa shape index (κ2) is 4.04.